The van der Waals surface area contributed by atoms with Gasteiger partial charge in [-0.25, -0.2) is 0 Å². The molecular weight excluding hydrogens is 429 g/mol. The summed E-state index contributed by atoms with van der Waals surface area (Å²) in [6.45, 7) is 0. The van der Waals surface area contributed by atoms with Crippen molar-refractivity contribution in [3.8, 4) is 5.75 Å². The molecule has 1 amide bonds. The Kier molecular flexibility index (Phi) is 5.28. The van der Waals surface area contributed by atoms with Crippen LogP contribution in [0.5, 0.6) is 5.75 Å². The summed E-state index contributed by atoms with van der Waals surface area (Å²) in [7, 11) is 1.47. The van der Waals surface area contributed by atoms with Gasteiger partial charge in [0.1, 0.15) is 23.3 Å². The van der Waals surface area contributed by atoms with Crippen LogP contribution in [0.15, 0.2) is 70.9 Å². The summed E-state index contributed by atoms with van der Waals surface area (Å²) < 4.78 is 10.7. The van der Waals surface area contributed by atoms with E-state index in [2.05, 4.69) is 0 Å². The van der Waals surface area contributed by atoms with Crippen molar-refractivity contribution in [2.45, 2.75) is 6.04 Å². The molecule has 2 aromatic carbocycles. The third-order valence-electron chi connectivity index (χ3n) is 4.79. The van der Waals surface area contributed by atoms with Gasteiger partial charge in [-0.1, -0.05) is 23.2 Å². The molecule has 0 radical (unpaired) electrons. The van der Waals surface area contributed by atoms with Gasteiger partial charge in [-0.2, -0.15) is 0 Å². The summed E-state index contributed by atoms with van der Waals surface area (Å²) in [4.78, 5) is 27.2. The lowest BCUT2D eigenvalue weighted by molar-refractivity contribution is -0.132. The molecule has 1 aromatic heterocycles. The standard InChI is InChI=1S/C22H15Cl2NO5/c1-29-16-9-8-14(11-15(16)24)25-19(17-3-2-10-30-17)18(21(27)22(25)28)20(26)12-4-6-13(23)7-5-12/h2-11,19,26H,1H3/b20-18-. The van der Waals surface area contributed by atoms with E-state index in [1.165, 1.54) is 24.3 Å². The lowest BCUT2D eigenvalue weighted by Gasteiger charge is -2.23. The number of carbonyl (C=O) groups is 2. The van der Waals surface area contributed by atoms with Crippen LogP contribution < -0.4 is 9.64 Å². The third-order valence-corrected chi connectivity index (χ3v) is 5.34. The maximum atomic E-state index is 13.0. The number of halogens is 2. The number of Topliss-reactive ketones (excluding diaryl/α,β-unsaturated/α-hetero) is 1. The number of ether oxygens (including phenoxy) is 1. The number of hydrogen-bond acceptors (Lipinski definition) is 5. The fourth-order valence-electron chi connectivity index (χ4n) is 3.38. The van der Waals surface area contributed by atoms with Crippen molar-refractivity contribution in [1.29, 1.82) is 0 Å². The first-order chi connectivity index (χ1) is 14.4. The van der Waals surface area contributed by atoms with Gasteiger partial charge in [-0.3, -0.25) is 14.5 Å². The summed E-state index contributed by atoms with van der Waals surface area (Å²) in [6.07, 6.45) is 1.43. The van der Waals surface area contributed by atoms with Crippen LogP contribution >= 0.6 is 23.2 Å². The number of furan rings is 1. The van der Waals surface area contributed by atoms with Crippen LogP contribution in [0.4, 0.5) is 5.69 Å². The van der Waals surface area contributed by atoms with Gasteiger partial charge in [0, 0.05) is 16.3 Å². The molecule has 0 spiro atoms. The van der Waals surface area contributed by atoms with Crippen molar-refractivity contribution in [1.82, 2.24) is 0 Å². The zero-order valence-electron chi connectivity index (χ0n) is 15.6. The van der Waals surface area contributed by atoms with Crippen molar-refractivity contribution in [2.75, 3.05) is 12.0 Å². The second-order valence-electron chi connectivity index (χ2n) is 6.51. The molecule has 1 unspecified atom stereocenters. The Labute approximate surface area is 181 Å². The van der Waals surface area contributed by atoms with E-state index < -0.39 is 17.7 Å². The molecule has 4 rings (SSSR count). The number of ketones is 1. The highest BCUT2D eigenvalue weighted by Crippen LogP contribution is 2.43. The number of nitrogens with zero attached hydrogens (tertiary/aromatic N) is 1. The Morgan fingerprint density at radius 2 is 1.83 bits per heavy atom. The Morgan fingerprint density at radius 3 is 2.43 bits per heavy atom. The van der Waals surface area contributed by atoms with Crippen LogP contribution in [0.25, 0.3) is 5.76 Å². The summed E-state index contributed by atoms with van der Waals surface area (Å²) in [6, 6.07) is 13.3. The first-order valence-corrected chi connectivity index (χ1v) is 9.62. The second-order valence-corrected chi connectivity index (χ2v) is 7.35. The number of rotatable bonds is 4. The number of methoxy groups -OCH3 is 1. The van der Waals surface area contributed by atoms with Crippen LogP contribution in [-0.2, 0) is 9.59 Å². The molecule has 1 aliphatic rings. The van der Waals surface area contributed by atoms with Crippen molar-refractivity contribution in [3.05, 3.63) is 87.8 Å². The van der Waals surface area contributed by atoms with Gasteiger partial charge >= 0.3 is 0 Å². The molecule has 1 N–H and O–H groups in total. The zero-order valence-corrected chi connectivity index (χ0v) is 17.1. The largest absolute Gasteiger partial charge is 0.507 e. The summed E-state index contributed by atoms with van der Waals surface area (Å²) in [5.74, 6) is -1.23. The topological polar surface area (TPSA) is 80.0 Å². The molecule has 0 aliphatic carbocycles. The van der Waals surface area contributed by atoms with Gasteiger partial charge in [-0.05, 0) is 54.6 Å². The Bertz CT molecular complexity index is 1150. The maximum Gasteiger partial charge on any atom is 0.300 e. The lowest BCUT2D eigenvalue weighted by Crippen LogP contribution is -2.29. The predicted molar refractivity (Wildman–Crippen MR) is 113 cm³/mol. The van der Waals surface area contributed by atoms with E-state index in [0.29, 0.717) is 27.8 Å². The lowest BCUT2D eigenvalue weighted by atomic mass is 9.99. The molecule has 8 heteroatoms. The van der Waals surface area contributed by atoms with Gasteiger partial charge in [0.25, 0.3) is 11.7 Å². The molecule has 0 bridgehead atoms. The van der Waals surface area contributed by atoms with E-state index in [1.807, 2.05) is 0 Å². The minimum atomic E-state index is -0.972. The average Bonchev–Trinajstić information content (AvgIpc) is 3.35. The SMILES string of the molecule is COc1ccc(N2C(=O)C(=O)/C(=C(\O)c3ccc(Cl)cc3)C2c2ccco2)cc1Cl. The van der Waals surface area contributed by atoms with E-state index >= 15 is 0 Å². The van der Waals surface area contributed by atoms with Crippen molar-refractivity contribution < 1.29 is 23.8 Å². The molecule has 6 nitrogen and oxygen atoms in total. The highest BCUT2D eigenvalue weighted by atomic mass is 35.5. The number of hydrogen-bond donors (Lipinski definition) is 1. The number of amides is 1. The van der Waals surface area contributed by atoms with Crippen LogP contribution in [0.1, 0.15) is 17.4 Å². The fourth-order valence-corrected chi connectivity index (χ4v) is 3.76. The van der Waals surface area contributed by atoms with Crippen LogP contribution in [0.3, 0.4) is 0 Å². The first-order valence-electron chi connectivity index (χ1n) is 8.86. The quantitative estimate of drug-likeness (QED) is 0.339. The monoisotopic (exact) mass is 443 g/mol. The second kappa shape index (κ2) is 7.89. The molecule has 152 valence electrons. The molecule has 0 saturated carbocycles. The Morgan fingerprint density at radius 1 is 1.10 bits per heavy atom. The molecule has 2 heterocycles. The molecular formula is C22H15Cl2NO5. The van der Waals surface area contributed by atoms with Gasteiger partial charge in [-0.15, -0.1) is 0 Å². The molecule has 1 aliphatic heterocycles. The average molecular weight is 444 g/mol. The zero-order chi connectivity index (χ0) is 21.4. The number of anilines is 1. The number of carbonyl (C=O) groups excluding carboxylic acids is 2. The van der Waals surface area contributed by atoms with Crippen molar-refractivity contribution in [3.63, 3.8) is 0 Å². The Balaban J connectivity index is 1.90. The minimum absolute atomic E-state index is 0.0933. The third kappa shape index (κ3) is 3.34. The van der Waals surface area contributed by atoms with E-state index in [4.69, 9.17) is 32.4 Å². The number of aliphatic hydroxyl groups excluding tert-OH is 1. The summed E-state index contributed by atoms with van der Waals surface area (Å²) in [5.41, 5.74) is 0.616. The summed E-state index contributed by atoms with van der Waals surface area (Å²) in [5, 5.41) is 11.7. The highest BCUT2D eigenvalue weighted by Gasteiger charge is 2.48. The van der Waals surface area contributed by atoms with E-state index in [1.54, 1.807) is 48.5 Å². The summed E-state index contributed by atoms with van der Waals surface area (Å²) >= 11 is 12.1. The first kappa shape index (κ1) is 20.1. The number of benzene rings is 2. The van der Waals surface area contributed by atoms with Gasteiger partial charge in [0.15, 0.2) is 0 Å². The van der Waals surface area contributed by atoms with Crippen LogP contribution in [0, 0.1) is 0 Å². The number of aliphatic hydroxyl groups is 1. The van der Waals surface area contributed by atoms with Crippen LogP contribution in [-0.4, -0.2) is 23.9 Å². The smallest absolute Gasteiger partial charge is 0.300 e. The van der Waals surface area contributed by atoms with E-state index in [9.17, 15) is 14.7 Å². The van der Waals surface area contributed by atoms with Crippen molar-refractivity contribution >= 4 is 46.3 Å². The minimum Gasteiger partial charge on any atom is -0.507 e. The van der Waals surface area contributed by atoms with Crippen LogP contribution in [0.2, 0.25) is 10.0 Å². The molecule has 30 heavy (non-hydrogen) atoms. The molecule has 1 fully saturated rings. The highest BCUT2D eigenvalue weighted by molar-refractivity contribution is 6.51. The van der Waals surface area contributed by atoms with E-state index in [0.717, 1.165) is 0 Å². The predicted octanol–water partition coefficient (Wildman–Crippen LogP) is 5.22. The molecule has 3 aromatic rings. The van der Waals surface area contributed by atoms with Crippen molar-refractivity contribution in [2.24, 2.45) is 0 Å². The van der Waals surface area contributed by atoms with Gasteiger partial charge in [0.05, 0.1) is 24.0 Å². The van der Waals surface area contributed by atoms with Gasteiger partial charge in [0.2, 0.25) is 0 Å². The molecule has 1 saturated heterocycles. The van der Waals surface area contributed by atoms with E-state index in [-0.39, 0.29) is 16.4 Å². The normalized spacial score (nSPS) is 18.1. The Hall–Kier alpha value is -3.22. The molecule has 1 atom stereocenters. The van der Waals surface area contributed by atoms with Gasteiger partial charge < -0.3 is 14.3 Å². The maximum absolute atomic E-state index is 13.0. The fraction of sp³-hybridized carbons (Fsp3) is 0.0909.